The van der Waals surface area contributed by atoms with E-state index in [2.05, 4.69) is 25.7 Å². The van der Waals surface area contributed by atoms with E-state index >= 15 is 0 Å². The van der Waals surface area contributed by atoms with Gasteiger partial charge in [0.25, 0.3) is 0 Å². The normalized spacial score (nSPS) is 46.1. The summed E-state index contributed by atoms with van der Waals surface area (Å²) in [6, 6.07) is 1.94. The van der Waals surface area contributed by atoms with Gasteiger partial charge in [0.05, 0.1) is 0 Å². The molecule has 0 aromatic heterocycles. The maximum Gasteiger partial charge on any atom is 0.0105 e. The lowest BCUT2D eigenvalue weighted by atomic mass is 9.82. The number of likely N-dealkylation sites (tertiary alicyclic amines) is 1. The molecule has 16 heavy (non-hydrogen) atoms. The lowest BCUT2D eigenvalue weighted by Crippen LogP contribution is -2.51. The Hall–Kier alpha value is -0.0800. The SMILES string of the molecule is C[C@@H]1CCC[C@H](C)N1CC1(C)CCCC1N. The van der Waals surface area contributed by atoms with Crippen LogP contribution in [0.2, 0.25) is 0 Å². The minimum atomic E-state index is 0.375. The summed E-state index contributed by atoms with van der Waals surface area (Å²) in [4.78, 5) is 2.72. The van der Waals surface area contributed by atoms with Crippen molar-refractivity contribution >= 4 is 0 Å². The molecular formula is C14H28N2. The lowest BCUT2D eigenvalue weighted by molar-refractivity contribution is 0.0506. The van der Waals surface area contributed by atoms with Gasteiger partial charge in [0, 0.05) is 24.7 Å². The van der Waals surface area contributed by atoms with Crippen molar-refractivity contribution in [2.75, 3.05) is 6.54 Å². The van der Waals surface area contributed by atoms with Gasteiger partial charge in [0.1, 0.15) is 0 Å². The monoisotopic (exact) mass is 224 g/mol. The second-order valence-electron chi connectivity index (χ2n) is 6.45. The van der Waals surface area contributed by atoms with Crippen molar-refractivity contribution in [3.05, 3.63) is 0 Å². The Balaban J connectivity index is 2.01. The molecule has 1 aliphatic heterocycles. The first-order valence-corrected chi connectivity index (χ1v) is 7.04. The number of hydrogen-bond acceptors (Lipinski definition) is 2. The molecule has 1 heterocycles. The zero-order valence-electron chi connectivity index (χ0n) is 11.2. The third kappa shape index (κ3) is 2.28. The second-order valence-corrected chi connectivity index (χ2v) is 6.45. The molecular weight excluding hydrogens is 196 g/mol. The molecule has 0 spiro atoms. The summed E-state index contributed by atoms with van der Waals surface area (Å²) in [5.41, 5.74) is 6.67. The van der Waals surface area contributed by atoms with Gasteiger partial charge in [-0.2, -0.15) is 0 Å². The zero-order valence-corrected chi connectivity index (χ0v) is 11.2. The van der Waals surface area contributed by atoms with E-state index in [1.54, 1.807) is 0 Å². The van der Waals surface area contributed by atoms with Gasteiger partial charge in [0.2, 0.25) is 0 Å². The summed E-state index contributed by atoms with van der Waals surface area (Å²) in [6.07, 6.45) is 8.03. The maximum atomic E-state index is 6.29. The molecule has 0 amide bonds. The molecule has 2 aliphatic rings. The average molecular weight is 224 g/mol. The van der Waals surface area contributed by atoms with E-state index in [1.165, 1.54) is 45.1 Å². The van der Waals surface area contributed by atoms with Gasteiger partial charge >= 0.3 is 0 Å². The molecule has 1 saturated heterocycles. The van der Waals surface area contributed by atoms with Crippen LogP contribution in [0.1, 0.15) is 59.3 Å². The molecule has 2 unspecified atom stereocenters. The van der Waals surface area contributed by atoms with Crippen molar-refractivity contribution in [2.24, 2.45) is 11.1 Å². The quantitative estimate of drug-likeness (QED) is 0.781. The summed E-state index contributed by atoms with van der Waals surface area (Å²) >= 11 is 0. The van der Waals surface area contributed by atoms with Crippen LogP contribution in [0.25, 0.3) is 0 Å². The number of rotatable bonds is 2. The number of hydrogen-bond donors (Lipinski definition) is 1. The highest BCUT2D eigenvalue weighted by atomic mass is 15.2. The van der Waals surface area contributed by atoms with Gasteiger partial charge in [-0.3, -0.25) is 4.90 Å². The molecule has 1 aliphatic carbocycles. The van der Waals surface area contributed by atoms with Crippen LogP contribution in [0.5, 0.6) is 0 Å². The van der Waals surface area contributed by atoms with Crippen LogP contribution in [-0.4, -0.2) is 29.6 Å². The molecule has 2 fully saturated rings. The first-order chi connectivity index (χ1) is 7.53. The summed E-state index contributed by atoms with van der Waals surface area (Å²) in [5, 5.41) is 0. The molecule has 4 atom stereocenters. The van der Waals surface area contributed by atoms with Crippen molar-refractivity contribution in [1.82, 2.24) is 4.90 Å². The van der Waals surface area contributed by atoms with Crippen LogP contribution < -0.4 is 5.73 Å². The van der Waals surface area contributed by atoms with Crippen LogP contribution in [-0.2, 0) is 0 Å². The standard InChI is InChI=1S/C14H28N2/c1-11-6-4-7-12(2)16(11)10-14(3)9-5-8-13(14)15/h11-13H,4-10,15H2,1-3H3/t11-,12+,13?,14?. The van der Waals surface area contributed by atoms with E-state index in [1.807, 2.05) is 0 Å². The first kappa shape index (κ1) is 12.4. The number of nitrogens with zero attached hydrogens (tertiary/aromatic N) is 1. The van der Waals surface area contributed by atoms with Crippen molar-refractivity contribution in [3.63, 3.8) is 0 Å². The Morgan fingerprint density at radius 1 is 1.12 bits per heavy atom. The van der Waals surface area contributed by atoms with E-state index in [4.69, 9.17) is 5.73 Å². The van der Waals surface area contributed by atoms with Gasteiger partial charge in [-0.1, -0.05) is 19.8 Å². The lowest BCUT2D eigenvalue weighted by Gasteiger charge is -2.44. The Morgan fingerprint density at radius 2 is 1.75 bits per heavy atom. The van der Waals surface area contributed by atoms with Gasteiger partial charge in [-0.15, -0.1) is 0 Å². The number of nitrogens with two attached hydrogens (primary N) is 1. The van der Waals surface area contributed by atoms with Gasteiger partial charge < -0.3 is 5.73 Å². The van der Waals surface area contributed by atoms with Gasteiger partial charge in [0.15, 0.2) is 0 Å². The average Bonchev–Trinajstić information content (AvgIpc) is 2.54. The molecule has 2 nitrogen and oxygen atoms in total. The van der Waals surface area contributed by atoms with E-state index < -0.39 is 0 Å². The predicted octanol–water partition coefficient (Wildman–Crippen LogP) is 2.77. The van der Waals surface area contributed by atoms with Crippen LogP contribution >= 0.6 is 0 Å². The molecule has 94 valence electrons. The molecule has 2 N–H and O–H groups in total. The minimum Gasteiger partial charge on any atom is -0.327 e. The summed E-state index contributed by atoms with van der Waals surface area (Å²) in [5.74, 6) is 0. The van der Waals surface area contributed by atoms with Crippen molar-refractivity contribution in [3.8, 4) is 0 Å². The molecule has 0 aromatic carbocycles. The Kier molecular flexibility index (Phi) is 3.60. The Bertz CT molecular complexity index is 231. The molecule has 1 saturated carbocycles. The van der Waals surface area contributed by atoms with Crippen LogP contribution in [0, 0.1) is 5.41 Å². The molecule has 0 aromatic rings. The van der Waals surface area contributed by atoms with Crippen molar-refractivity contribution in [2.45, 2.75) is 77.4 Å². The van der Waals surface area contributed by atoms with E-state index in [-0.39, 0.29) is 0 Å². The van der Waals surface area contributed by atoms with E-state index in [0.717, 1.165) is 12.1 Å². The summed E-state index contributed by atoms with van der Waals surface area (Å²) in [6.45, 7) is 8.40. The van der Waals surface area contributed by atoms with E-state index in [0.29, 0.717) is 11.5 Å². The van der Waals surface area contributed by atoms with Crippen molar-refractivity contribution in [1.29, 1.82) is 0 Å². The van der Waals surface area contributed by atoms with Crippen LogP contribution in [0.4, 0.5) is 0 Å². The van der Waals surface area contributed by atoms with Gasteiger partial charge in [-0.25, -0.2) is 0 Å². The summed E-state index contributed by atoms with van der Waals surface area (Å²) < 4.78 is 0. The first-order valence-electron chi connectivity index (χ1n) is 7.04. The fourth-order valence-electron chi connectivity index (χ4n) is 3.66. The maximum absolute atomic E-state index is 6.29. The minimum absolute atomic E-state index is 0.375. The smallest absolute Gasteiger partial charge is 0.0105 e. The summed E-state index contributed by atoms with van der Waals surface area (Å²) in [7, 11) is 0. The highest BCUT2D eigenvalue weighted by Gasteiger charge is 2.40. The second kappa shape index (κ2) is 4.66. The third-order valence-corrected chi connectivity index (χ3v) is 5.08. The van der Waals surface area contributed by atoms with Crippen LogP contribution in [0.3, 0.4) is 0 Å². The third-order valence-electron chi connectivity index (χ3n) is 5.08. The fourth-order valence-corrected chi connectivity index (χ4v) is 3.66. The van der Waals surface area contributed by atoms with Crippen molar-refractivity contribution < 1.29 is 0 Å². The Morgan fingerprint density at radius 3 is 2.25 bits per heavy atom. The number of piperidine rings is 1. The highest BCUT2D eigenvalue weighted by Crippen LogP contribution is 2.39. The van der Waals surface area contributed by atoms with Gasteiger partial charge in [-0.05, 0) is 44.9 Å². The topological polar surface area (TPSA) is 29.3 Å². The zero-order chi connectivity index (χ0) is 11.8. The largest absolute Gasteiger partial charge is 0.327 e. The Labute approximate surface area is 101 Å². The van der Waals surface area contributed by atoms with Crippen LogP contribution in [0.15, 0.2) is 0 Å². The predicted molar refractivity (Wildman–Crippen MR) is 69.4 cm³/mol. The molecule has 2 heteroatoms. The molecule has 0 radical (unpaired) electrons. The molecule has 0 bridgehead atoms. The molecule has 2 rings (SSSR count). The van der Waals surface area contributed by atoms with E-state index in [9.17, 15) is 0 Å². The fraction of sp³-hybridized carbons (Fsp3) is 1.00. The highest BCUT2D eigenvalue weighted by molar-refractivity contribution is 4.95.